The molecule has 0 aliphatic heterocycles. The largest absolute Gasteiger partial charge is 0.480 e. The van der Waals surface area contributed by atoms with Crippen LogP contribution >= 0.6 is 11.6 Å². The van der Waals surface area contributed by atoms with Crippen molar-refractivity contribution in [2.45, 2.75) is 13.5 Å². The molecule has 0 saturated carbocycles. The molecule has 3 aromatic rings. The van der Waals surface area contributed by atoms with Gasteiger partial charge < -0.3 is 9.15 Å². The highest BCUT2D eigenvalue weighted by atomic mass is 35.5. The minimum atomic E-state index is -0.470. The third-order valence-electron chi connectivity index (χ3n) is 3.31. The first-order valence-electron chi connectivity index (χ1n) is 7.11. The first kappa shape index (κ1) is 16.0. The molecule has 0 atom stereocenters. The number of rotatable bonds is 5. The monoisotopic (exact) mass is 344 g/mol. The van der Waals surface area contributed by atoms with Crippen molar-refractivity contribution in [1.29, 1.82) is 0 Å². The Bertz CT molecular complexity index is 892. The zero-order chi connectivity index (χ0) is 17.1. The summed E-state index contributed by atoms with van der Waals surface area (Å²) in [6.45, 7) is 1.85. The number of nitro benzene ring substituents is 1. The minimum absolute atomic E-state index is 0.0635. The second-order valence-electron chi connectivity index (χ2n) is 5.17. The number of oxazole rings is 1. The number of hydrogen-bond donors (Lipinski definition) is 0. The van der Waals surface area contributed by atoms with Crippen molar-refractivity contribution in [2.75, 3.05) is 0 Å². The lowest BCUT2D eigenvalue weighted by molar-refractivity contribution is -0.386. The molecule has 1 heterocycles. The van der Waals surface area contributed by atoms with Crippen LogP contribution in [-0.4, -0.2) is 9.91 Å². The van der Waals surface area contributed by atoms with E-state index >= 15 is 0 Å². The Morgan fingerprint density at radius 3 is 2.88 bits per heavy atom. The molecule has 0 aliphatic carbocycles. The number of nitro groups is 1. The van der Waals surface area contributed by atoms with Gasteiger partial charge >= 0.3 is 5.69 Å². The molecule has 0 saturated heterocycles. The van der Waals surface area contributed by atoms with Crippen molar-refractivity contribution in [1.82, 2.24) is 4.98 Å². The summed E-state index contributed by atoms with van der Waals surface area (Å²) in [7, 11) is 0. The van der Waals surface area contributed by atoms with Crippen molar-refractivity contribution < 1.29 is 14.1 Å². The Balaban J connectivity index is 1.76. The maximum absolute atomic E-state index is 11.1. The molecule has 0 radical (unpaired) electrons. The Hall–Kier alpha value is -2.86. The van der Waals surface area contributed by atoms with Crippen molar-refractivity contribution in [3.05, 3.63) is 75.1 Å². The number of aryl methyl sites for hydroxylation is 1. The lowest BCUT2D eigenvalue weighted by Crippen LogP contribution is -1.99. The third-order valence-corrected chi connectivity index (χ3v) is 3.55. The molecule has 7 heteroatoms. The minimum Gasteiger partial charge on any atom is -0.480 e. The van der Waals surface area contributed by atoms with Crippen LogP contribution in [0.3, 0.4) is 0 Å². The van der Waals surface area contributed by atoms with Gasteiger partial charge in [-0.25, -0.2) is 4.98 Å². The average molecular weight is 345 g/mol. The number of benzene rings is 2. The fourth-order valence-corrected chi connectivity index (χ4v) is 2.36. The SMILES string of the molecule is Cc1ccc(OCc2coc(-c3cccc(Cl)c3)n2)c([N+](=O)[O-])c1. The number of halogens is 1. The summed E-state index contributed by atoms with van der Waals surface area (Å²) < 4.78 is 10.9. The second kappa shape index (κ2) is 6.72. The molecule has 0 unspecified atom stereocenters. The molecular formula is C17H13ClN2O4. The van der Waals surface area contributed by atoms with Gasteiger partial charge in [-0.05, 0) is 36.8 Å². The zero-order valence-electron chi connectivity index (χ0n) is 12.7. The molecule has 122 valence electrons. The highest BCUT2D eigenvalue weighted by Gasteiger charge is 2.16. The molecule has 24 heavy (non-hydrogen) atoms. The van der Waals surface area contributed by atoms with E-state index in [1.165, 1.54) is 12.3 Å². The van der Waals surface area contributed by atoms with Crippen molar-refractivity contribution in [2.24, 2.45) is 0 Å². The van der Waals surface area contributed by atoms with E-state index in [-0.39, 0.29) is 18.0 Å². The molecule has 0 spiro atoms. The highest BCUT2D eigenvalue weighted by Crippen LogP contribution is 2.29. The van der Waals surface area contributed by atoms with Crippen molar-refractivity contribution in [3.8, 4) is 17.2 Å². The normalized spacial score (nSPS) is 10.6. The van der Waals surface area contributed by atoms with Crippen molar-refractivity contribution in [3.63, 3.8) is 0 Å². The van der Waals surface area contributed by atoms with Gasteiger partial charge in [0, 0.05) is 16.7 Å². The van der Waals surface area contributed by atoms with Crippen LogP contribution in [0.1, 0.15) is 11.3 Å². The summed E-state index contributed by atoms with van der Waals surface area (Å²) in [4.78, 5) is 14.9. The average Bonchev–Trinajstić information content (AvgIpc) is 3.02. The molecule has 1 aromatic heterocycles. The second-order valence-corrected chi connectivity index (χ2v) is 5.61. The van der Waals surface area contributed by atoms with E-state index in [0.717, 1.165) is 11.1 Å². The van der Waals surface area contributed by atoms with Gasteiger partial charge in [0.15, 0.2) is 5.75 Å². The fraction of sp³-hybridized carbons (Fsp3) is 0.118. The Kier molecular flexibility index (Phi) is 4.48. The van der Waals surface area contributed by atoms with Gasteiger partial charge in [0.25, 0.3) is 0 Å². The first-order valence-corrected chi connectivity index (χ1v) is 7.49. The van der Waals surface area contributed by atoms with Crippen LogP contribution in [0.2, 0.25) is 5.02 Å². The molecule has 3 rings (SSSR count). The van der Waals surface area contributed by atoms with E-state index in [9.17, 15) is 10.1 Å². The van der Waals surface area contributed by atoms with E-state index in [1.54, 1.807) is 37.3 Å². The molecule has 0 fully saturated rings. The Morgan fingerprint density at radius 2 is 2.12 bits per heavy atom. The standard InChI is InChI=1S/C17H13ClN2O4/c1-11-5-6-16(15(7-11)20(21)22)23-9-14-10-24-17(19-14)12-3-2-4-13(18)8-12/h2-8,10H,9H2,1H3. The van der Waals surface area contributed by atoms with Gasteiger partial charge in [0.05, 0.1) is 4.92 Å². The number of aromatic nitrogens is 1. The van der Waals surface area contributed by atoms with Crippen LogP contribution in [0.4, 0.5) is 5.69 Å². The highest BCUT2D eigenvalue weighted by molar-refractivity contribution is 6.30. The van der Waals surface area contributed by atoms with Gasteiger partial charge in [0.2, 0.25) is 5.89 Å². The Labute approximate surface area is 142 Å². The van der Waals surface area contributed by atoms with Crippen LogP contribution in [-0.2, 0) is 6.61 Å². The predicted molar refractivity (Wildman–Crippen MR) is 89.1 cm³/mol. The first-order chi connectivity index (χ1) is 11.5. The molecule has 0 bridgehead atoms. The molecule has 6 nitrogen and oxygen atoms in total. The van der Waals surface area contributed by atoms with E-state index < -0.39 is 4.92 Å². The van der Waals surface area contributed by atoms with Gasteiger partial charge in [-0.1, -0.05) is 23.7 Å². The molecular weight excluding hydrogens is 332 g/mol. The van der Waals surface area contributed by atoms with Crippen LogP contribution in [0.5, 0.6) is 5.75 Å². The molecule has 2 aromatic carbocycles. The van der Waals surface area contributed by atoms with E-state index in [2.05, 4.69) is 4.98 Å². The van der Waals surface area contributed by atoms with Gasteiger partial charge in [0.1, 0.15) is 18.6 Å². The van der Waals surface area contributed by atoms with E-state index in [1.807, 2.05) is 6.07 Å². The summed E-state index contributed by atoms with van der Waals surface area (Å²) in [5, 5.41) is 11.7. The maximum atomic E-state index is 11.1. The van der Waals surface area contributed by atoms with Gasteiger partial charge in [-0.3, -0.25) is 10.1 Å². The summed E-state index contributed by atoms with van der Waals surface area (Å²) in [5.74, 6) is 0.604. The van der Waals surface area contributed by atoms with Crippen LogP contribution in [0, 0.1) is 17.0 Å². The van der Waals surface area contributed by atoms with E-state index in [0.29, 0.717) is 16.6 Å². The summed E-state index contributed by atoms with van der Waals surface area (Å²) in [6, 6.07) is 11.9. The van der Waals surface area contributed by atoms with E-state index in [4.69, 9.17) is 20.8 Å². The number of ether oxygens (including phenoxy) is 1. The third kappa shape index (κ3) is 3.55. The fourth-order valence-electron chi connectivity index (χ4n) is 2.17. The van der Waals surface area contributed by atoms with Crippen molar-refractivity contribution >= 4 is 17.3 Å². The summed E-state index contributed by atoms with van der Waals surface area (Å²) in [6.07, 6.45) is 1.45. The maximum Gasteiger partial charge on any atom is 0.311 e. The quantitative estimate of drug-likeness (QED) is 0.491. The predicted octanol–water partition coefficient (Wildman–Crippen LogP) is 4.79. The molecule has 0 amide bonds. The zero-order valence-corrected chi connectivity index (χ0v) is 13.5. The number of hydrogen-bond acceptors (Lipinski definition) is 5. The smallest absolute Gasteiger partial charge is 0.311 e. The summed E-state index contributed by atoms with van der Waals surface area (Å²) in [5.41, 5.74) is 1.99. The number of nitrogens with zero attached hydrogens (tertiary/aromatic N) is 2. The van der Waals surface area contributed by atoms with Gasteiger partial charge in [-0.2, -0.15) is 0 Å². The van der Waals surface area contributed by atoms with Crippen LogP contribution < -0.4 is 4.74 Å². The Morgan fingerprint density at radius 1 is 1.29 bits per heavy atom. The topological polar surface area (TPSA) is 78.4 Å². The molecule has 0 N–H and O–H groups in total. The summed E-state index contributed by atoms with van der Waals surface area (Å²) >= 11 is 5.94. The lowest BCUT2D eigenvalue weighted by atomic mass is 10.2. The van der Waals surface area contributed by atoms with Crippen LogP contribution in [0.25, 0.3) is 11.5 Å². The molecule has 0 aliphatic rings. The van der Waals surface area contributed by atoms with Crippen LogP contribution in [0.15, 0.2) is 53.1 Å². The lowest BCUT2D eigenvalue weighted by Gasteiger charge is -2.05. The van der Waals surface area contributed by atoms with Gasteiger partial charge in [-0.15, -0.1) is 0 Å².